The van der Waals surface area contributed by atoms with Crippen molar-refractivity contribution in [3.05, 3.63) is 76.6 Å². The Morgan fingerprint density at radius 1 is 1.06 bits per heavy atom. The molecule has 0 aliphatic carbocycles. The number of carbonyl (C=O) groups excluding carboxylic acids is 1. The van der Waals surface area contributed by atoms with E-state index in [-0.39, 0.29) is 11.5 Å². The van der Waals surface area contributed by atoms with E-state index in [1.54, 1.807) is 23.4 Å². The number of thioether (sulfide) groups is 1. The quantitative estimate of drug-likeness (QED) is 0.316. The van der Waals surface area contributed by atoms with Crippen molar-refractivity contribution in [2.75, 3.05) is 11.4 Å². The number of hydrogen-bond acceptors (Lipinski definition) is 5. The fourth-order valence-electron chi connectivity index (χ4n) is 3.75. The summed E-state index contributed by atoms with van der Waals surface area (Å²) >= 11 is 3.04. The van der Waals surface area contributed by atoms with Crippen molar-refractivity contribution in [2.24, 2.45) is 7.05 Å². The molecule has 0 saturated carbocycles. The molecule has 0 spiro atoms. The highest BCUT2D eigenvalue weighted by Crippen LogP contribution is 2.32. The number of carbonyl (C=O) groups is 1. The second-order valence-corrected chi connectivity index (χ2v) is 9.55. The second-order valence-electron chi connectivity index (χ2n) is 7.55. The van der Waals surface area contributed by atoms with Crippen molar-refractivity contribution in [1.82, 2.24) is 9.55 Å². The fourth-order valence-corrected chi connectivity index (χ4v) is 5.76. The van der Waals surface area contributed by atoms with E-state index in [0.29, 0.717) is 22.0 Å². The van der Waals surface area contributed by atoms with Crippen LogP contribution >= 0.6 is 23.1 Å². The van der Waals surface area contributed by atoms with Crippen molar-refractivity contribution in [1.29, 1.82) is 0 Å². The van der Waals surface area contributed by atoms with Gasteiger partial charge in [0.05, 0.1) is 5.52 Å². The molecule has 0 unspecified atom stereocenters. The standard InChI is InChI=1S/C24H21N3O2S2/c1-26-23(29)22-19(14-20(31-22)17-6-3-2-4-7-17)25-24(26)30-15-16-9-11-18(12-10-16)27-13-5-8-21(27)28/h2-4,6-7,9-12,14H,5,8,13,15H2,1H3. The minimum atomic E-state index is -0.0115. The average Bonchev–Trinajstić information content (AvgIpc) is 3.43. The lowest BCUT2D eigenvalue weighted by Crippen LogP contribution is -2.23. The Bertz CT molecular complexity index is 1310. The average molecular weight is 448 g/mol. The highest BCUT2D eigenvalue weighted by atomic mass is 32.2. The Balaban J connectivity index is 1.37. The summed E-state index contributed by atoms with van der Waals surface area (Å²) in [6.45, 7) is 0.796. The predicted molar refractivity (Wildman–Crippen MR) is 128 cm³/mol. The SMILES string of the molecule is Cn1c(SCc2ccc(N3CCCC3=O)cc2)nc2cc(-c3ccccc3)sc2c1=O. The van der Waals surface area contributed by atoms with E-state index in [4.69, 9.17) is 4.98 Å². The van der Waals surface area contributed by atoms with Crippen LogP contribution in [0, 0.1) is 0 Å². The number of rotatable bonds is 5. The smallest absolute Gasteiger partial charge is 0.271 e. The summed E-state index contributed by atoms with van der Waals surface area (Å²) in [4.78, 5) is 32.5. The third-order valence-corrected chi connectivity index (χ3v) is 7.72. The van der Waals surface area contributed by atoms with Crippen LogP contribution in [0.4, 0.5) is 5.69 Å². The number of amides is 1. The molecule has 31 heavy (non-hydrogen) atoms. The Kier molecular flexibility index (Phi) is 5.38. The van der Waals surface area contributed by atoms with Gasteiger partial charge >= 0.3 is 0 Å². The van der Waals surface area contributed by atoms with Gasteiger partial charge < -0.3 is 4.90 Å². The molecule has 1 aliphatic rings. The van der Waals surface area contributed by atoms with E-state index in [2.05, 4.69) is 0 Å². The molecule has 156 valence electrons. The number of hydrogen-bond donors (Lipinski definition) is 0. The molecule has 1 fully saturated rings. The van der Waals surface area contributed by atoms with Gasteiger partial charge in [-0.15, -0.1) is 11.3 Å². The second kappa shape index (κ2) is 8.32. The molecule has 0 radical (unpaired) electrons. The molecule has 3 heterocycles. The highest BCUT2D eigenvalue weighted by Gasteiger charge is 2.21. The first-order valence-electron chi connectivity index (χ1n) is 10.2. The van der Waals surface area contributed by atoms with Crippen molar-refractivity contribution >= 4 is 44.9 Å². The van der Waals surface area contributed by atoms with Crippen molar-refractivity contribution < 1.29 is 4.79 Å². The van der Waals surface area contributed by atoms with Gasteiger partial charge in [-0.3, -0.25) is 14.2 Å². The molecule has 5 rings (SSSR count). The molecule has 1 amide bonds. The first-order valence-corrected chi connectivity index (χ1v) is 12.0. The van der Waals surface area contributed by atoms with Crippen molar-refractivity contribution in [3.63, 3.8) is 0 Å². The van der Waals surface area contributed by atoms with E-state index >= 15 is 0 Å². The third kappa shape index (κ3) is 3.91. The normalized spacial score (nSPS) is 14.0. The summed E-state index contributed by atoms with van der Waals surface area (Å²) in [5, 5.41) is 0.703. The van der Waals surface area contributed by atoms with Crippen LogP contribution < -0.4 is 10.5 Å². The summed E-state index contributed by atoms with van der Waals surface area (Å²) in [7, 11) is 1.78. The first kappa shape index (κ1) is 20.0. The summed E-state index contributed by atoms with van der Waals surface area (Å²) in [5.41, 5.74) is 3.91. The minimum absolute atomic E-state index is 0.0115. The topological polar surface area (TPSA) is 55.2 Å². The molecule has 7 heteroatoms. The molecule has 0 bridgehead atoms. The zero-order valence-electron chi connectivity index (χ0n) is 17.1. The molecular formula is C24H21N3O2S2. The number of anilines is 1. The highest BCUT2D eigenvalue weighted by molar-refractivity contribution is 7.98. The summed E-state index contributed by atoms with van der Waals surface area (Å²) in [6.07, 6.45) is 1.56. The van der Waals surface area contributed by atoms with Gasteiger partial charge in [0.25, 0.3) is 5.56 Å². The largest absolute Gasteiger partial charge is 0.312 e. The summed E-state index contributed by atoms with van der Waals surface area (Å²) in [5.74, 6) is 0.899. The molecule has 5 nitrogen and oxygen atoms in total. The zero-order valence-corrected chi connectivity index (χ0v) is 18.7. The Hall–Kier alpha value is -2.90. The van der Waals surface area contributed by atoms with Gasteiger partial charge in [-0.05, 0) is 35.7 Å². The molecule has 1 saturated heterocycles. The lowest BCUT2D eigenvalue weighted by molar-refractivity contribution is -0.117. The first-order chi connectivity index (χ1) is 15.1. The van der Waals surface area contributed by atoms with Gasteiger partial charge in [0.1, 0.15) is 4.70 Å². The van der Waals surface area contributed by atoms with Gasteiger partial charge in [-0.25, -0.2) is 4.98 Å². The van der Waals surface area contributed by atoms with Crippen LogP contribution in [0.2, 0.25) is 0 Å². The van der Waals surface area contributed by atoms with E-state index in [0.717, 1.165) is 40.2 Å². The van der Waals surface area contributed by atoms with E-state index in [9.17, 15) is 9.59 Å². The van der Waals surface area contributed by atoms with Crippen LogP contribution in [0.25, 0.3) is 20.7 Å². The number of thiophene rings is 1. The number of benzene rings is 2. The van der Waals surface area contributed by atoms with Crippen LogP contribution in [0.5, 0.6) is 0 Å². The Morgan fingerprint density at radius 2 is 1.84 bits per heavy atom. The van der Waals surface area contributed by atoms with Gasteiger partial charge in [-0.1, -0.05) is 54.2 Å². The van der Waals surface area contributed by atoms with Crippen LogP contribution in [0.15, 0.2) is 70.6 Å². The van der Waals surface area contributed by atoms with Crippen LogP contribution in [-0.2, 0) is 17.6 Å². The van der Waals surface area contributed by atoms with E-state index in [1.165, 1.54) is 11.3 Å². The molecule has 2 aromatic heterocycles. The zero-order chi connectivity index (χ0) is 21.4. The van der Waals surface area contributed by atoms with Gasteiger partial charge in [0, 0.05) is 36.3 Å². The Labute approximate surface area is 188 Å². The van der Waals surface area contributed by atoms with Crippen LogP contribution in [0.3, 0.4) is 0 Å². The maximum absolute atomic E-state index is 12.9. The third-order valence-electron chi connectivity index (χ3n) is 5.46. The molecule has 4 aromatic rings. The summed E-state index contributed by atoms with van der Waals surface area (Å²) in [6, 6.07) is 20.2. The monoisotopic (exact) mass is 447 g/mol. The minimum Gasteiger partial charge on any atom is -0.312 e. The van der Waals surface area contributed by atoms with Gasteiger partial charge in [0.2, 0.25) is 5.91 Å². The van der Waals surface area contributed by atoms with Crippen LogP contribution in [-0.4, -0.2) is 22.0 Å². The van der Waals surface area contributed by atoms with E-state index in [1.807, 2.05) is 65.6 Å². The maximum atomic E-state index is 12.9. The maximum Gasteiger partial charge on any atom is 0.271 e. The fraction of sp³-hybridized carbons (Fsp3) is 0.208. The number of fused-ring (bicyclic) bond motifs is 1. The van der Waals surface area contributed by atoms with Crippen molar-refractivity contribution in [2.45, 2.75) is 23.8 Å². The number of aromatic nitrogens is 2. The predicted octanol–water partition coefficient (Wildman–Crippen LogP) is 5.08. The lowest BCUT2D eigenvalue weighted by atomic mass is 10.2. The van der Waals surface area contributed by atoms with Gasteiger partial charge in [0.15, 0.2) is 5.16 Å². The van der Waals surface area contributed by atoms with E-state index < -0.39 is 0 Å². The molecule has 0 N–H and O–H groups in total. The van der Waals surface area contributed by atoms with Crippen LogP contribution in [0.1, 0.15) is 18.4 Å². The summed E-state index contributed by atoms with van der Waals surface area (Å²) < 4.78 is 2.32. The van der Waals surface area contributed by atoms with Gasteiger partial charge in [-0.2, -0.15) is 0 Å². The molecule has 1 aliphatic heterocycles. The van der Waals surface area contributed by atoms with Crippen molar-refractivity contribution in [3.8, 4) is 10.4 Å². The molecule has 0 atom stereocenters. The Morgan fingerprint density at radius 3 is 2.55 bits per heavy atom. The number of nitrogens with zero attached hydrogens (tertiary/aromatic N) is 3. The molecular weight excluding hydrogens is 426 g/mol. The lowest BCUT2D eigenvalue weighted by Gasteiger charge is -2.16. The molecule has 2 aromatic carbocycles.